The lowest BCUT2D eigenvalue weighted by Crippen LogP contribution is -3.09. The topological polar surface area (TPSA) is 30.7 Å². The van der Waals surface area contributed by atoms with Crippen molar-refractivity contribution in [1.29, 1.82) is 0 Å². The highest BCUT2D eigenvalue weighted by Crippen LogP contribution is 2.03. The molecule has 68 valence electrons. The van der Waals surface area contributed by atoms with Gasteiger partial charge in [-0.2, -0.15) is 0 Å². The van der Waals surface area contributed by atoms with Gasteiger partial charge in [0.2, 0.25) is 0 Å². The number of hydrogen-bond acceptors (Lipinski definition) is 2. The Bertz CT molecular complexity index is 199. The molecule has 3 nitrogen and oxygen atoms in total. The number of hydrogen-bond donors (Lipinski definition) is 1. The minimum Gasteiger partial charge on any atom is -0.463 e. The number of rotatable bonds is 2. The summed E-state index contributed by atoms with van der Waals surface area (Å²) >= 11 is 0. The van der Waals surface area contributed by atoms with Gasteiger partial charge in [-0.3, -0.25) is 0 Å². The van der Waals surface area contributed by atoms with Crippen LogP contribution in [0.2, 0.25) is 0 Å². The zero-order chi connectivity index (χ0) is 8.97. The van der Waals surface area contributed by atoms with E-state index in [-0.39, 0.29) is 5.97 Å². The average Bonchev–Trinajstić information content (AvgIpc) is 2.06. The van der Waals surface area contributed by atoms with Gasteiger partial charge in [0.05, 0.1) is 26.7 Å². The van der Waals surface area contributed by atoms with Crippen LogP contribution in [-0.2, 0) is 9.53 Å². The van der Waals surface area contributed by atoms with Crippen LogP contribution in [0.15, 0.2) is 11.6 Å². The second kappa shape index (κ2) is 4.26. The second-order valence-electron chi connectivity index (χ2n) is 3.11. The molecule has 1 heterocycles. The minimum absolute atomic E-state index is 0.134. The van der Waals surface area contributed by atoms with Crippen molar-refractivity contribution < 1.29 is 14.4 Å². The highest BCUT2D eigenvalue weighted by atomic mass is 16.5. The van der Waals surface area contributed by atoms with E-state index >= 15 is 0 Å². The van der Waals surface area contributed by atoms with Gasteiger partial charge in [-0.25, -0.2) is 4.79 Å². The molecule has 1 unspecified atom stereocenters. The minimum atomic E-state index is -0.134. The molecule has 3 heteroatoms. The molecule has 0 aromatic carbocycles. The van der Waals surface area contributed by atoms with Crippen molar-refractivity contribution >= 4 is 5.97 Å². The van der Waals surface area contributed by atoms with Gasteiger partial charge in [-0.1, -0.05) is 0 Å². The van der Waals surface area contributed by atoms with Crippen molar-refractivity contribution in [3.8, 4) is 0 Å². The Morgan fingerprint density at radius 3 is 3.00 bits per heavy atom. The molecular weight excluding hydrogens is 154 g/mol. The van der Waals surface area contributed by atoms with E-state index in [0.29, 0.717) is 6.61 Å². The summed E-state index contributed by atoms with van der Waals surface area (Å²) in [4.78, 5) is 12.7. The van der Waals surface area contributed by atoms with Crippen LogP contribution in [0.3, 0.4) is 0 Å². The summed E-state index contributed by atoms with van der Waals surface area (Å²) in [6, 6.07) is 0. The van der Waals surface area contributed by atoms with Gasteiger partial charge < -0.3 is 9.64 Å². The summed E-state index contributed by atoms with van der Waals surface area (Å²) in [6.45, 7) is 4.27. The van der Waals surface area contributed by atoms with Crippen LogP contribution in [0, 0.1) is 0 Å². The summed E-state index contributed by atoms with van der Waals surface area (Å²) in [5.74, 6) is -0.134. The van der Waals surface area contributed by atoms with Gasteiger partial charge in [0.25, 0.3) is 0 Å². The molecule has 1 N–H and O–H groups in total. The molecule has 0 spiro atoms. The largest absolute Gasteiger partial charge is 0.463 e. The lowest BCUT2D eigenvalue weighted by atomic mass is 10.1. The molecule has 0 aliphatic carbocycles. The highest BCUT2D eigenvalue weighted by molar-refractivity contribution is 5.88. The quantitative estimate of drug-likeness (QED) is 0.561. The van der Waals surface area contributed by atoms with E-state index in [0.717, 1.165) is 25.1 Å². The lowest BCUT2D eigenvalue weighted by molar-refractivity contribution is -0.874. The lowest BCUT2D eigenvalue weighted by Gasteiger charge is -2.18. The highest BCUT2D eigenvalue weighted by Gasteiger charge is 2.17. The van der Waals surface area contributed by atoms with Crippen molar-refractivity contribution in [2.75, 3.05) is 26.7 Å². The van der Waals surface area contributed by atoms with E-state index in [9.17, 15) is 4.79 Å². The maximum absolute atomic E-state index is 11.2. The Balaban J connectivity index is 2.47. The van der Waals surface area contributed by atoms with Gasteiger partial charge in [-0.15, -0.1) is 0 Å². The van der Waals surface area contributed by atoms with Crippen molar-refractivity contribution in [1.82, 2.24) is 0 Å². The van der Waals surface area contributed by atoms with Crippen LogP contribution in [-0.4, -0.2) is 32.7 Å². The number of ether oxygens (including phenoxy) is 1. The number of likely N-dealkylation sites (N-methyl/N-ethyl adjacent to an activating group) is 1. The average molecular weight is 170 g/mol. The van der Waals surface area contributed by atoms with E-state index in [1.807, 2.05) is 13.0 Å². The second-order valence-corrected chi connectivity index (χ2v) is 3.11. The zero-order valence-corrected chi connectivity index (χ0v) is 7.72. The molecule has 0 bridgehead atoms. The maximum atomic E-state index is 11.2. The van der Waals surface area contributed by atoms with Gasteiger partial charge in [0.15, 0.2) is 0 Å². The number of nitrogens with one attached hydrogen (secondary N) is 1. The molecule has 0 saturated carbocycles. The molecular formula is C9H16NO2+. The summed E-state index contributed by atoms with van der Waals surface area (Å²) in [6.07, 6.45) is 2.83. The Morgan fingerprint density at radius 1 is 1.75 bits per heavy atom. The molecule has 0 amide bonds. The van der Waals surface area contributed by atoms with Gasteiger partial charge in [0.1, 0.15) is 0 Å². The van der Waals surface area contributed by atoms with Crippen LogP contribution in [0.25, 0.3) is 0 Å². The SMILES string of the molecule is CCOC(=O)C1=CC[NH+](C)CC1. The first-order valence-electron chi connectivity index (χ1n) is 4.41. The number of carbonyl (C=O) groups is 1. The maximum Gasteiger partial charge on any atom is 0.334 e. The first-order valence-corrected chi connectivity index (χ1v) is 4.41. The first kappa shape index (κ1) is 9.26. The predicted molar refractivity (Wildman–Crippen MR) is 46.0 cm³/mol. The van der Waals surface area contributed by atoms with E-state index in [1.165, 1.54) is 4.90 Å². The summed E-state index contributed by atoms with van der Waals surface area (Å²) in [5, 5.41) is 0. The van der Waals surface area contributed by atoms with Crippen LogP contribution in [0.4, 0.5) is 0 Å². The number of quaternary nitrogens is 1. The van der Waals surface area contributed by atoms with Crippen LogP contribution >= 0.6 is 0 Å². The number of esters is 1. The third-order valence-electron chi connectivity index (χ3n) is 2.06. The fourth-order valence-corrected chi connectivity index (χ4v) is 1.26. The van der Waals surface area contributed by atoms with Crippen molar-refractivity contribution in [3.05, 3.63) is 11.6 Å². The van der Waals surface area contributed by atoms with Crippen molar-refractivity contribution in [3.63, 3.8) is 0 Å². The Kier molecular flexibility index (Phi) is 3.29. The van der Waals surface area contributed by atoms with E-state index in [4.69, 9.17) is 4.74 Å². The molecule has 1 rings (SSSR count). The van der Waals surface area contributed by atoms with Crippen molar-refractivity contribution in [2.45, 2.75) is 13.3 Å². The molecule has 0 aromatic heterocycles. The van der Waals surface area contributed by atoms with Crippen LogP contribution < -0.4 is 4.90 Å². The monoisotopic (exact) mass is 170 g/mol. The molecule has 1 aliphatic rings. The Morgan fingerprint density at radius 2 is 2.50 bits per heavy atom. The molecule has 1 atom stereocenters. The van der Waals surface area contributed by atoms with Gasteiger partial charge in [0, 0.05) is 12.0 Å². The summed E-state index contributed by atoms with van der Waals surface area (Å²) in [5.41, 5.74) is 0.849. The molecule has 1 aliphatic heterocycles. The van der Waals surface area contributed by atoms with Crippen LogP contribution in [0.5, 0.6) is 0 Å². The Hall–Kier alpha value is -0.830. The van der Waals surface area contributed by atoms with E-state index in [2.05, 4.69) is 7.05 Å². The first-order chi connectivity index (χ1) is 5.74. The normalized spacial score (nSPS) is 23.2. The predicted octanol–water partition coefficient (Wildman–Crippen LogP) is -0.606. The van der Waals surface area contributed by atoms with E-state index < -0.39 is 0 Å². The third-order valence-corrected chi connectivity index (χ3v) is 2.06. The smallest absolute Gasteiger partial charge is 0.334 e. The van der Waals surface area contributed by atoms with Crippen molar-refractivity contribution in [2.24, 2.45) is 0 Å². The van der Waals surface area contributed by atoms with Gasteiger partial charge in [-0.05, 0) is 13.0 Å². The molecule has 0 saturated heterocycles. The Labute approximate surface area is 73.0 Å². The van der Waals surface area contributed by atoms with Crippen LogP contribution in [0.1, 0.15) is 13.3 Å². The van der Waals surface area contributed by atoms with Gasteiger partial charge >= 0.3 is 5.97 Å². The number of carbonyl (C=O) groups excluding carboxylic acids is 1. The zero-order valence-electron chi connectivity index (χ0n) is 7.72. The molecule has 0 fully saturated rings. The fraction of sp³-hybridized carbons (Fsp3) is 0.667. The fourth-order valence-electron chi connectivity index (χ4n) is 1.26. The standard InChI is InChI=1S/C9H15NO2/c1-3-12-9(11)8-4-6-10(2)7-5-8/h4H,3,5-7H2,1-2H3/p+1. The molecule has 0 aromatic rings. The molecule has 12 heavy (non-hydrogen) atoms. The summed E-state index contributed by atoms with van der Waals surface area (Å²) in [7, 11) is 2.12. The summed E-state index contributed by atoms with van der Waals surface area (Å²) < 4.78 is 4.90. The van der Waals surface area contributed by atoms with E-state index in [1.54, 1.807) is 0 Å². The third kappa shape index (κ3) is 2.34. The molecule has 0 radical (unpaired) electrons.